The van der Waals surface area contributed by atoms with Crippen LogP contribution >= 0.6 is 0 Å². The maximum Gasteiger partial charge on any atom is 0.365 e. The fourth-order valence-electron chi connectivity index (χ4n) is 3.09. The highest BCUT2D eigenvalue weighted by atomic mass is 19.3. The Kier molecular flexibility index (Phi) is 4.62. The first-order valence-electron chi connectivity index (χ1n) is 8.65. The van der Waals surface area contributed by atoms with E-state index in [1.54, 1.807) is 54.6 Å². The van der Waals surface area contributed by atoms with Crippen LogP contribution < -0.4 is 4.90 Å². The van der Waals surface area contributed by atoms with Crippen molar-refractivity contribution in [2.45, 2.75) is 18.4 Å². The average Bonchev–Trinajstić information content (AvgIpc) is 2.99. The van der Waals surface area contributed by atoms with Crippen LogP contribution in [0.25, 0.3) is 0 Å². The van der Waals surface area contributed by atoms with Crippen molar-refractivity contribution in [1.29, 1.82) is 0 Å². The topological polar surface area (TPSA) is 12.5 Å². The van der Waals surface area contributed by atoms with Gasteiger partial charge in [-0.1, -0.05) is 78.6 Å². The molecule has 0 bridgehead atoms. The van der Waals surface area contributed by atoms with Gasteiger partial charge in [0.25, 0.3) is 0 Å². The van der Waals surface area contributed by atoms with Gasteiger partial charge in [-0.2, -0.15) is 8.78 Å². The molecule has 134 valence electrons. The summed E-state index contributed by atoms with van der Waals surface area (Å²) in [6.45, 7) is 0. The molecule has 1 fully saturated rings. The second kappa shape index (κ2) is 7.22. The molecule has 0 saturated carbocycles. The van der Waals surface area contributed by atoms with Gasteiger partial charge in [0, 0.05) is 16.8 Å². The van der Waals surface area contributed by atoms with Crippen LogP contribution in [0.3, 0.4) is 0 Å². The minimum atomic E-state index is -3.27. The first-order chi connectivity index (χ1) is 13.2. The van der Waals surface area contributed by atoms with Gasteiger partial charge in [0.15, 0.2) is 6.23 Å². The Labute approximate surface area is 157 Å². The summed E-state index contributed by atoms with van der Waals surface area (Å²) >= 11 is 0. The van der Waals surface area contributed by atoms with E-state index in [0.29, 0.717) is 16.8 Å². The number of anilines is 1. The Morgan fingerprint density at radius 3 is 1.96 bits per heavy atom. The quantitative estimate of drug-likeness (QED) is 0.457. The van der Waals surface area contributed by atoms with Gasteiger partial charge in [-0.15, -0.1) is 0 Å². The van der Waals surface area contributed by atoms with Gasteiger partial charge in [0.1, 0.15) is 0 Å². The van der Waals surface area contributed by atoms with Crippen molar-refractivity contribution in [1.82, 2.24) is 0 Å². The molecule has 3 aromatic rings. The summed E-state index contributed by atoms with van der Waals surface area (Å²) < 4.78 is 36.3. The van der Waals surface area contributed by atoms with Crippen LogP contribution in [0.1, 0.15) is 17.4 Å². The SMILES string of the molecule is FC1(F)[C@H](C#Cc2ccccc2)O[C@@H](c2ccccc2)N1c1ccccc1. The molecule has 3 aromatic carbocycles. The van der Waals surface area contributed by atoms with Crippen LogP contribution in [0, 0.1) is 11.8 Å². The summed E-state index contributed by atoms with van der Waals surface area (Å²) in [5.74, 6) is 5.43. The molecule has 0 aliphatic carbocycles. The molecule has 4 rings (SSSR count). The summed E-state index contributed by atoms with van der Waals surface area (Å²) in [6.07, 6.45) is -2.46. The summed E-state index contributed by atoms with van der Waals surface area (Å²) in [6, 6.07) is 23.4. The van der Waals surface area contributed by atoms with Gasteiger partial charge in [0.2, 0.25) is 6.10 Å². The lowest BCUT2D eigenvalue weighted by Gasteiger charge is -2.29. The van der Waals surface area contributed by atoms with Crippen molar-refractivity contribution in [2.75, 3.05) is 4.90 Å². The Morgan fingerprint density at radius 1 is 0.778 bits per heavy atom. The molecular formula is C23H17F2NO. The number of nitrogens with zero attached hydrogens (tertiary/aromatic N) is 1. The van der Waals surface area contributed by atoms with Crippen LogP contribution in [0.15, 0.2) is 91.0 Å². The normalized spacial score (nSPS) is 20.7. The first-order valence-corrected chi connectivity index (χ1v) is 8.65. The maximum atomic E-state index is 15.3. The molecular weight excluding hydrogens is 344 g/mol. The van der Waals surface area contributed by atoms with E-state index in [4.69, 9.17) is 4.74 Å². The third-order valence-electron chi connectivity index (χ3n) is 4.38. The zero-order valence-electron chi connectivity index (χ0n) is 14.4. The average molecular weight is 361 g/mol. The molecule has 2 atom stereocenters. The number of para-hydroxylation sites is 1. The predicted octanol–water partition coefficient (Wildman–Crippen LogP) is 5.24. The van der Waals surface area contributed by atoms with E-state index in [-0.39, 0.29) is 0 Å². The highest BCUT2D eigenvalue weighted by Crippen LogP contribution is 2.46. The molecule has 0 spiro atoms. The minimum Gasteiger partial charge on any atom is -0.329 e. The van der Waals surface area contributed by atoms with Gasteiger partial charge in [-0.05, 0) is 24.3 Å². The van der Waals surface area contributed by atoms with Gasteiger partial charge in [-0.25, -0.2) is 0 Å². The van der Waals surface area contributed by atoms with E-state index in [2.05, 4.69) is 11.8 Å². The molecule has 0 unspecified atom stereocenters. The smallest absolute Gasteiger partial charge is 0.329 e. The van der Waals surface area contributed by atoms with Gasteiger partial charge >= 0.3 is 6.05 Å². The third kappa shape index (κ3) is 3.42. The van der Waals surface area contributed by atoms with Crippen molar-refractivity contribution in [3.63, 3.8) is 0 Å². The molecule has 2 nitrogen and oxygen atoms in total. The zero-order valence-corrected chi connectivity index (χ0v) is 14.4. The van der Waals surface area contributed by atoms with Crippen molar-refractivity contribution in [3.05, 3.63) is 102 Å². The lowest BCUT2D eigenvalue weighted by Crippen LogP contribution is -2.43. The van der Waals surface area contributed by atoms with Crippen molar-refractivity contribution in [3.8, 4) is 11.8 Å². The first kappa shape index (κ1) is 17.3. The Balaban J connectivity index is 1.74. The molecule has 1 heterocycles. The number of hydrogen-bond acceptors (Lipinski definition) is 2. The van der Waals surface area contributed by atoms with Gasteiger partial charge in [-0.3, -0.25) is 4.90 Å². The van der Waals surface area contributed by atoms with E-state index in [1.807, 2.05) is 36.4 Å². The molecule has 4 heteroatoms. The van der Waals surface area contributed by atoms with Crippen LogP contribution in [0.4, 0.5) is 14.5 Å². The Morgan fingerprint density at radius 2 is 1.33 bits per heavy atom. The van der Waals surface area contributed by atoms with Crippen molar-refractivity contribution < 1.29 is 13.5 Å². The fourth-order valence-corrected chi connectivity index (χ4v) is 3.09. The fraction of sp³-hybridized carbons (Fsp3) is 0.130. The second-order valence-corrected chi connectivity index (χ2v) is 6.21. The zero-order chi connectivity index (χ0) is 18.7. The highest BCUT2D eigenvalue weighted by molar-refractivity contribution is 5.52. The summed E-state index contributed by atoms with van der Waals surface area (Å²) in [7, 11) is 0. The Bertz CT molecular complexity index is 949. The van der Waals surface area contributed by atoms with E-state index in [9.17, 15) is 0 Å². The number of benzene rings is 3. The monoisotopic (exact) mass is 361 g/mol. The van der Waals surface area contributed by atoms with Gasteiger partial charge < -0.3 is 4.74 Å². The van der Waals surface area contributed by atoms with Crippen LogP contribution in [-0.4, -0.2) is 12.2 Å². The second-order valence-electron chi connectivity index (χ2n) is 6.21. The molecule has 1 aliphatic heterocycles. The summed E-state index contributed by atoms with van der Waals surface area (Å²) in [5.41, 5.74) is 1.72. The molecule has 1 aliphatic rings. The molecule has 27 heavy (non-hydrogen) atoms. The van der Waals surface area contributed by atoms with Crippen molar-refractivity contribution in [2.24, 2.45) is 0 Å². The van der Waals surface area contributed by atoms with E-state index in [1.165, 1.54) is 0 Å². The van der Waals surface area contributed by atoms with Crippen molar-refractivity contribution >= 4 is 5.69 Å². The van der Waals surface area contributed by atoms with E-state index < -0.39 is 18.4 Å². The van der Waals surface area contributed by atoms with Gasteiger partial charge in [0.05, 0.1) is 0 Å². The molecule has 0 aromatic heterocycles. The molecule has 1 saturated heterocycles. The number of halogens is 2. The molecule has 0 amide bonds. The van der Waals surface area contributed by atoms with E-state index >= 15 is 8.78 Å². The summed E-state index contributed by atoms with van der Waals surface area (Å²) in [4.78, 5) is 1.01. The predicted molar refractivity (Wildman–Crippen MR) is 101 cm³/mol. The van der Waals surface area contributed by atoms with Crippen LogP contribution in [0.2, 0.25) is 0 Å². The maximum absolute atomic E-state index is 15.3. The number of ether oxygens (including phenoxy) is 1. The van der Waals surface area contributed by atoms with Crippen LogP contribution in [-0.2, 0) is 4.74 Å². The molecule has 0 N–H and O–H groups in total. The third-order valence-corrected chi connectivity index (χ3v) is 4.38. The van der Waals surface area contributed by atoms with Crippen LogP contribution in [0.5, 0.6) is 0 Å². The minimum absolute atomic E-state index is 0.389. The lowest BCUT2D eigenvalue weighted by atomic mass is 10.1. The summed E-state index contributed by atoms with van der Waals surface area (Å²) in [5, 5.41) is 0. The molecule has 0 radical (unpaired) electrons. The largest absolute Gasteiger partial charge is 0.365 e. The number of alkyl halides is 2. The standard InChI is InChI=1S/C23H17F2NO/c24-23(25)21(17-16-18-10-4-1-5-11-18)27-22(19-12-6-2-7-13-19)26(23)20-14-8-3-9-15-20/h1-15,21-22H/t21-,22-/m0/s1. The lowest BCUT2D eigenvalue weighted by molar-refractivity contribution is -0.0444. The number of rotatable bonds is 2. The highest BCUT2D eigenvalue weighted by Gasteiger charge is 2.57. The van der Waals surface area contributed by atoms with E-state index in [0.717, 1.165) is 4.90 Å². The Hall–Kier alpha value is -3.16. The number of hydrogen-bond donors (Lipinski definition) is 0.